The molecule has 2 rings (SSSR count). The van der Waals surface area contributed by atoms with Gasteiger partial charge in [-0.05, 0) is 31.0 Å². The zero-order valence-corrected chi connectivity index (χ0v) is 20.7. The summed E-state index contributed by atoms with van der Waals surface area (Å²) >= 11 is 12.6. The number of carbonyl (C=O) groups excluding carboxylic acids is 2. The van der Waals surface area contributed by atoms with Crippen LogP contribution in [0.3, 0.4) is 0 Å². The van der Waals surface area contributed by atoms with E-state index in [4.69, 9.17) is 32.7 Å². The minimum absolute atomic E-state index is 0.0000300. The lowest BCUT2D eigenvalue weighted by Gasteiger charge is -2.31. The van der Waals surface area contributed by atoms with Crippen LogP contribution in [-0.4, -0.2) is 47.9 Å². The second kappa shape index (κ2) is 13.0. The molecule has 0 saturated carbocycles. The number of nitrogens with zero attached hydrogens (tertiary/aromatic N) is 2. The number of hydrogen-bond donors (Lipinski definition) is 1. The maximum Gasteiger partial charge on any atom is 0.311 e. The van der Waals surface area contributed by atoms with Gasteiger partial charge in [-0.1, -0.05) is 43.1 Å². The molecule has 0 radical (unpaired) electrons. The zero-order valence-electron chi connectivity index (χ0n) is 19.2. The first-order chi connectivity index (χ1) is 16.2. The molecule has 11 heteroatoms. The third kappa shape index (κ3) is 6.98. The lowest BCUT2D eigenvalue weighted by atomic mass is 10.1. The summed E-state index contributed by atoms with van der Waals surface area (Å²) in [7, 11) is 1.30. The van der Waals surface area contributed by atoms with Crippen molar-refractivity contribution >= 4 is 40.7 Å². The van der Waals surface area contributed by atoms with Crippen molar-refractivity contribution in [3.05, 3.63) is 62.1 Å². The summed E-state index contributed by atoms with van der Waals surface area (Å²) in [6.45, 7) is 3.79. The molecule has 0 unspecified atom stereocenters. The molecule has 0 fully saturated rings. The number of nitro benzene ring substituents is 1. The fourth-order valence-corrected chi connectivity index (χ4v) is 3.78. The number of benzene rings is 2. The van der Waals surface area contributed by atoms with Gasteiger partial charge in [-0.2, -0.15) is 0 Å². The van der Waals surface area contributed by atoms with Crippen LogP contribution in [0.1, 0.15) is 32.3 Å². The quantitative estimate of drug-likeness (QED) is 0.328. The third-order valence-electron chi connectivity index (χ3n) is 5.04. The van der Waals surface area contributed by atoms with Crippen molar-refractivity contribution in [2.75, 3.05) is 20.3 Å². The van der Waals surface area contributed by atoms with Gasteiger partial charge in [0.15, 0.2) is 6.61 Å². The van der Waals surface area contributed by atoms with Crippen LogP contribution in [0.2, 0.25) is 10.0 Å². The van der Waals surface area contributed by atoms with E-state index in [0.29, 0.717) is 28.6 Å². The molecule has 0 aliphatic rings. The Morgan fingerprint density at radius 1 is 1.18 bits per heavy atom. The summed E-state index contributed by atoms with van der Waals surface area (Å²) in [5, 5.41) is 14.6. The van der Waals surface area contributed by atoms with Crippen molar-refractivity contribution in [3.8, 4) is 11.5 Å². The normalized spacial score (nSPS) is 11.4. The second-order valence-electron chi connectivity index (χ2n) is 7.32. The van der Waals surface area contributed by atoms with E-state index < -0.39 is 23.5 Å². The largest absolute Gasteiger partial charge is 0.490 e. The van der Waals surface area contributed by atoms with Gasteiger partial charge in [-0.3, -0.25) is 19.7 Å². The highest BCUT2D eigenvalue weighted by Crippen LogP contribution is 2.31. The first kappa shape index (κ1) is 27.2. The van der Waals surface area contributed by atoms with E-state index >= 15 is 0 Å². The van der Waals surface area contributed by atoms with Crippen molar-refractivity contribution in [2.45, 2.75) is 39.3 Å². The Bertz CT molecular complexity index is 1010. The standard InChI is InChI=1S/C23H27Cl2N3O6/c1-4-11-26-23(30)19(5-2)27(13-16-17(24)7-6-8-18(16)25)22(29)14-34-15-9-10-20(28(31)32)21(12-15)33-3/h6-10,12,19H,4-5,11,13-14H2,1-3H3,(H,26,30)/t19-/m1/s1. The average molecular weight is 512 g/mol. The van der Waals surface area contributed by atoms with Gasteiger partial charge >= 0.3 is 5.69 Å². The van der Waals surface area contributed by atoms with Gasteiger partial charge < -0.3 is 19.7 Å². The summed E-state index contributed by atoms with van der Waals surface area (Å²) in [5.74, 6) is -0.570. The van der Waals surface area contributed by atoms with Gasteiger partial charge in [0, 0.05) is 40.8 Å². The molecular weight excluding hydrogens is 485 g/mol. The fraction of sp³-hybridized carbons (Fsp3) is 0.391. The zero-order chi connectivity index (χ0) is 25.3. The molecule has 1 atom stereocenters. The highest BCUT2D eigenvalue weighted by atomic mass is 35.5. The maximum absolute atomic E-state index is 13.2. The van der Waals surface area contributed by atoms with Crippen molar-refractivity contribution in [1.29, 1.82) is 0 Å². The van der Waals surface area contributed by atoms with Crippen molar-refractivity contribution < 1.29 is 24.0 Å². The van der Waals surface area contributed by atoms with Crippen LogP contribution in [0, 0.1) is 10.1 Å². The minimum atomic E-state index is -0.776. The summed E-state index contributed by atoms with van der Waals surface area (Å²) in [6, 6.07) is 8.15. The van der Waals surface area contributed by atoms with E-state index in [-0.39, 0.29) is 29.6 Å². The highest BCUT2D eigenvalue weighted by Gasteiger charge is 2.30. The Kier molecular flexibility index (Phi) is 10.4. The average Bonchev–Trinajstić information content (AvgIpc) is 2.82. The monoisotopic (exact) mass is 511 g/mol. The lowest BCUT2D eigenvalue weighted by Crippen LogP contribution is -2.50. The van der Waals surface area contributed by atoms with Crippen LogP contribution in [-0.2, 0) is 16.1 Å². The van der Waals surface area contributed by atoms with Crippen molar-refractivity contribution in [1.82, 2.24) is 10.2 Å². The van der Waals surface area contributed by atoms with E-state index in [9.17, 15) is 19.7 Å². The summed E-state index contributed by atoms with van der Waals surface area (Å²) in [5.41, 5.74) is 0.285. The van der Waals surface area contributed by atoms with Crippen LogP contribution in [0.4, 0.5) is 5.69 Å². The van der Waals surface area contributed by atoms with Crippen LogP contribution < -0.4 is 14.8 Å². The maximum atomic E-state index is 13.2. The number of halogens is 2. The molecule has 0 heterocycles. The van der Waals surface area contributed by atoms with Crippen molar-refractivity contribution in [2.24, 2.45) is 0 Å². The summed E-state index contributed by atoms with van der Waals surface area (Å²) < 4.78 is 10.6. The van der Waals surface area contributed by atoms with E-state index in [2.05, 4.69) is 5.32 Å². The highest BCUT2D eigenvalue weighted by molar-refractivity contribution is 6.36. The number of carbonyl (C=O) groups is 2. The molecule has 184 valence electrons. The molecule has 0 bridgehead atoms. The van der Waals surface area contributed by atoms with Crippen molar-refractivity contribution in [3.63, 3.8) is 0 Å². The molecule has 2 amide bonds. The van der Waals surface area contributed by atoms with Crippen LogP contribution in [0.15, 0.2) is 36.4 Å². The number of rotatable bonds is 12. The predicted molar refractivity (Wildman–Crippen MR) is 130 cm³/mol. The third-order valence-corrected chi connectivity index (χ3v) is 5.74. The molecule has 0 aromatic heterocycles. The molecule has 0 spiro atoms. The van der Waals surface area contributed by atoms with E-state index in [1.54, 1.807) is 25.1 Å². The smallest absolute Gasteiger partial charge is 0.311 e. The van der Waals surface area contributed by atoms with E-state index in [1.807, 2.05) is 6.92 Å². The molecule has 1 N–H and O–H groups in total. The minimum Gasteiger partial charge on any atom is -0.490 e. The molecule has 0 saturated heterocycles. The molecule has 34 heavy (non-hydrogen) atoms. The van der Waals surface area contributed by atoms with E-state index in [0.717, 1.165) is 6.42 Å². The Balaban J connectivity index is 2.29. The van der Waals surface area contributed by atoms with Gasteiger partial charge in [0.2, 0.25) is 11.7 Å². The molecular formula is C23H27Cl2N3O6. The number of nitrogens with one attached hydrogen (secondary N) is 1. The number of hydrogen-bond acceptors (Lipinski definition) is 6. The number of nitro groups is 1. The number of methoxy groups -OCH3 is 1. The van der Waals surface area contributed by atoms with E-state index in [1.165, 1.54) is 30.2 Å². The van der Waals surface area contributed by atoms with Gasteiger partial charge in [0.1, 0.15) is 11.8 Å². The van der Waals surface area contributed by atoms with Crippen LogP contribution >= 0.6 is 23.2 Å². The Hall–Kier alpha value is -3.04. The van der Waals surface area contributed by atoms with Gasteiger partial charge in [0.05, 0.1) is 12.0 Å². The van der Waals surface area contributed by atoms with Crippen LogP contribution in [0.5, 0.6) is 11.5 Å². The summed E-state index contributed by atoms with van der Waals surface area (Å²) in [4.78, 5) is 37.9. The number of amides is 2. The van der Waals surface area contributed by atoms with Gasteiger partial charge in [0.25, 0.3) is 5.91 Å². The molecule has 2 aromatic carbocycles. The summed E-state index contributed by atoms with van der Waals surface area (Å²) in [6.07, 6.45) is 1.10. The molecule has 0 aliphatic heterocycles. The Labute approximate surface area is 208 Å². The fourth-order valence-electron chi connectivity index (χ4n) is 3.27. The molecule has 2 aromatic rings. The van der Waals surface area contributed by atoms with Crippen LogP contribution in [0.25, 0.3) is 0 Å². The first-order valence-electron chi connectivity index (χ1n) is 10.7. The second-order valence-corrected chi connectivity index (χ2v) is 8.13. The first-order valence-corrected chi connectivity index (χ1v) is 11.4. The van der Waals surface area contributed by atoms with Gasteiger partial charge in [-0.25, -0.2) is 0 Å². The number of ether oxygens (including phenoxy) is 2. The lowest BCUT2D eigenvalue weighted by molar-refractivity contribution is -0.385. The SMILES string of the molecule is CCCNC(=O)[C@@H](CC)N(Cc1c(Cl)cccc1Cl)C(=O)COc1ccc([N+](=O)[O-])c(OC)c1. The predicted octanol–water partition coefficient (Wildman–Crippen LogP) is 4.62. The Morgan fingerprint density at radius 2 is 1.85 bits per heavy atom. The van der Waals surface area contributed by atoms with Gasteiger partial charge in [-0.15, -0.1) is 0 Å². The molecule has 9 nitrogen and oxygen atoms in total. The Morgan fingerprint density at radius 3 is 2.41 bits per heavy atom. The molecule has 0 aliphatic carbocycles. The topological polar surface area (TPSA) is 111 Å².